The Labute approximate surface area is 171 Å². The Bertz CT molecular complexity index is 656. The van der Waals surface area contributed by atoms with E-state index in [1.54, 1.807) is 12.1 Å². The third kappa shape index (κ3) is 10.8. The first-order valence-electron chi connectivity index (χ1n) is 6.07. The van der Waals surface area contributed by atoms with Gasteiger partial charge in [0.2, 0.25) is 0 Å². The van der Waals surface area contributed by atoms with Crippen molar-refractivity contribution in [3.8, 4) is 11.5 Å². The standard InChI is InChI=1S/2C7H6O3.CH2O3.Ca/c2*8-6-4-2-1-3-5(6)7(9)10;2-1(3)4;/h2*1-4,8H,(H,9,10);(H2,2,3,4);/q;;;+2/p-2. The molecular formula is C15H12CaO9. The fourth-order valence-electron chi connectivity index (χ4n) is 1.29. The van der Waals surface area contributed by atoms with Gasteiger partial charge in [0.1, 0.15) is 11.5 Å². The van der Waals surface area contributed by atoms with E-state index in [0.717, 1.165) is 0 Å². The summed E-state index contributed by atoms with van der Waals surface area (Å²) in [7, 11) is 0. The van der Waals surface area contributed by atoms with Crippen LogP contribution in [0.15, 0.2) is 48.5 Å². The minimum Gasteiger partial charge on any atom is -0.545 e. The molecule has 2 aromatic rings. The maximum atomic E-state index is 10.2. The minimum absolute atomic E-state index is 0. The average molecular weight is 376 g/mol. The van der Waals surface area contributed by atoms with Crippen LogP contribution in [0, 0.1) is 0 Å². The molecule has 0 saturated carbocycles. The molecule has 0 aliphatic carbocycles. The zero-order valence-corrected chi connectivity index (χ0v) is 14.9. The number of rotatable bonds is 2. The summed E-state index contributed by atoms with van der Waals surface area (Å²) < 4.78 is 0. The van der Waals surface area contributed by atoms with Crippen molar-refractivity contribution in [2.75, 3.05) is 0 Å². The third-order valence-electron chi connectivity index (χ3n) is 2.25. The predicted octanol–water partition coefficient (Wildman–Crippen LogP) is -0.647. The first-order chi connectivity index (χ1) is 11.2. The summed E-state index contributed by atoms with van der Waals surface area (Å²) in [6.07, 6.45) is -1.83. The van der Waals surface area contributed by atoms with Crippen LogP contribution in [0.2, 0.25) is 0 Å². The smallest absolute Gasteiger partial charge is 0.545 e. The topological polar surface area (TPSA) is 178 Å². The van der Waals surface area contributed by atoms with Gasteiger partial charge in [0, 0.05) is 11.1 Å². The molecule has 0 unspecified atom stereocenters. The second-order valence-electron chi connectivity index (χ2n) is 3.89. The maximum Gasteiger partial charge on any atom is 2.00 e. The molecule has 9 nitrogen and oxygen atoms in total. The Hall–Kier alpha value is -2.49. The molecule has 2 aromatic carbocycles. The van der Waals surface area contributed by atoms with Crippen molar-refractivity contribution < 1.29 is 45.0 Å². The molecule has 0 saturated heterocycles. The molecule has 10 heteroatoms. The summed E-state index contributed by atoms with van der Waals surface area (Å²) in [4.78, 5) is 28.9. The van der Waals surface area contributed by atoms with Gasteiger partial charge < -0.3 is 40.2 Å². The van der Waals surface area contributed by atoms with Gasteiger partial charge >= 0.3 is 43.9 Å². The van der Waals surface area contributed by atoms with Crippen molar-refractivity contribution in [2.45, 2.75) is 0 Å². The van der Waals surface area contributed by atoms with E-state index >= 15 is 0 Å². The Balaban J connectivity index is 0. The number of phenols is 2. The molecule has 2 rings (SSSR count). The molecule has 4 N–H and O–H groups in total. The molecule has 0 amide bonds. The molecule has 0 radical (unpaired) electrons. The Morgan fingerprint density at radius 1 is 0.680 bits per heavy atom. The van der Waals surface area contributed by atoms with Gasteiger partial charge in [0.15, 0.2) is 0 Å². The van der Waals surface area contributed by atoms with Gasteiger partial charge in [-0.2, -0.15) is 0 Å². The van der Waals surface area contributed by atoms with E-state index in [1.807, 2.05) is 0 Å². The largest absolute Gasteiger partial charge is 2.00 e. The second kappa shape index (κ2) is 12.9. The Morgan fingerprint density at radius 2 is 0.920 bits per heavy atom. The van der Waals surface area contributed by atoms with Crippen LogP contribution < -0.4 is 10.2 Å². The first-order valence-corrected chi connectivity index (χ1v) is 6.07. The van der Waals surface area contributed by atoms with Crippen molar-refractivity contribution in [2.24, 2.45) is 0 Å². The van der Waals surface area contributed by atoms with Gasteiger partial charge in [-0.25, -0.2) is 4.79 Å². The van der Waals surface area contributed by atoms with Crippen LogP contribution in [0.4, 0.5) is 4.79 Å². The number of aromatic hydroxyl groups is 2. The number of carbonyl (C=O) groups excluding carboxylic acids is 2. The molecule has 0 aliphatic rings. The SMILES string of the molecule is O=C(O)O.O=C([O-])c1ccccc1O.O=C([O-])c1ccccc1O.[Ca+2]. The molecule has 0 atom stereocenters. The maximum absolute atomic E-state index is 10.2. The molecule has 0 spiro atoms. The molecule has 0 fully saturated rings. The summed E-state index contributed by atoms with van der Waals surface area (Å²) in [6.45, 7) is 0. The average Bonchev–Trinajstić information content (AvgIpc) is 2.47. The first kappa shape index (κ1) is 24.8. The summed E-state index contributed by atoms with van der Waals surface area (Å²) >= 11 is 0. The van der Waals surface area contributed by atoms with Crippen molar-refractivity contribution in [1.29, 1.82) is 0 Å². The number of carboxylic acid groups (broad SMARTS) is 4. The normalized spacial score (nSPS) is 8.32. The molecule has 0 bridgehead atoms. The van der Waals surface area contributed by atoms with E-state index in [9.17, 15) is 19.8 Å². The van der Waals surface area contributed by atoms with Crippen LogP contribution >= 0.6 is 0 Å². The van der Waals surface area contributed by atoms with E-state index in [-0.39, 0.29) is 60.4 Å². The van der Waals surface area contributed by atoms with Crippen molar-refractivity contribution in [1.82, 2.24) is 0 Å². The number of hydrogen-bond donors (Lipinski definition) is 4. The van der Waals surface area contributed by atoms with Gasteiger partial charge in [0.25, 0.3) is 0 Å². The minimum atomic E-state index is -1.83. The van der Waals surface area contributed by atoms with Crippen LogP contribution in [0.3, 0.4) is 0 Å². The van der Waals surface area contributed by atoms with E-state index in [0.29, 0.717) is 0 Å². The molecular weight excluding hydrogens is 364 g/mol. The molecule has 25 heavy (non-hydrogen) atoms. The number of hydrogen-bond acceptors (Lipinski definition) is 7. The number of carboxylic acids is 2. The van der Waals surface area contributed by atoms with Crippen LogP contribution in [0.1, 0.15) is 20.7 Å². The second-order valence-corrected chi connectivity index (χ2v) is 3.89. The molecule has 0 aliphatic heterocycles. The van der Waals surface area contributed by atoms with Gasteiger partial charge in [0.05, 0.1) is 11.9 Å². The number of aromatic carboxylic acids is 2. The van der Waals surface area contributed by atoms with E-state index in [2.05, 4.69) is 0 Å². The zero-order valence-electron chi connectivity index (χ0n) is 12.7. The fraction of sp³-hybridized carbons (Fsp3) is 0. The Kier molecular flexibility index (Phi) is 12.8. The van der Waals surface area contributed by atoms with Crippen LogP contribution in [-0.4, -0.2) is 76.3 Å². The van der Waals surface area contributed by atoms with Crippen molar-refractivity contribution in [3.05, 3.63) is 59.7 Å². The molecule has 0 heterocycles. The van der Waals surface area contributed by atoms with E-state index < -0.39 is 18.1 Å². The molecule has 128 valence electrons. The van der Waals surface area contributed by atoms with Crippen LogP contribution in [-0.2, 0) is 0 Å². The Morgan fingerprint density at radius 3 is 1.08 bits per heavy atom. The zero-order chi connectivity index (χ0) is 18.7. The summed E-state index contributed by atoms with van der Waals surface area (Å²) in [5, 5.41) is 52.0. The van der Waals surface area contributed by atoms with Crippen molar-refractivity contribution >= 4 is 55.8 Å². The van der Waals surface area contributed by atoms with Crippen LogP contribution in [0.25, 0.3) is 0 Å². The monoisotopic (exact) mass is 376 g/mol. The molecule has 0 aromatic heterocycles. The fourth-order valence-corrected chi connectivity index (χ4v) is 1.29. The predicted molar refractivity (Wildman–Crippen MR) is 81.3 cm³/mol. The van der Waals surface area contributed by atoms with E-state index in [4.69, 9.17) is 25.2 Å². The summed E-state index contributed by atoms with van der Waals surface area (Å²) in [6, 6.07) is 11.3. The summed E-state index contributed by atoms with van der Waals surface area (Å²) in [5.74, 6) is -3.25. The number of carbonyl (C=O) groups is 3. The third-order valence-corrected chi connectivity index (χ3v) is 2.25. The van der Waals surface area contributed by atoms with Gasteiger partial charge in [-0.05, 0) is 24.3 Å². The van der Waals surface area contributed by atoms with Gasteiger partial charge in [-0.1, -0.05) is 24.3 Å². The van der Waals surface area contributed by atoms with Gasteiger partial charge in [-0.3, -0.25) is 0 Å². The quantitative estimate of drug-likeness (QED) is 0.496. The van der Waals surface area contributed by atoms with E-state index in [1.165, 1.54) is 36.4 Å². The van der Waals surface area contributed by atoms with Crippen molar-refractivity contribution in [3.63, 3.8) is 0 Å². The van der Waals surface area contributed by atoms with Crippen LogP contribution in [0.5, 0.6) is 11.5 Å². The van der Waals surface area contributed by atoms with Gasteiger partial charge in [-0.15, -0.1) is 0 Å². The summed E-state index contributed by atoms with van der Waals surface area (Å²) in [5.41, 5.74) is -0.356. The number of para-hydroxylation sites is 2. The number of benzene rings is 2.